The second-order valence-corrected chi connectivity index (χ2v) is 6.26. The minimum absolute atomic E-state index is 0.167. The van der Waals surface area contributed by atoms with Crippen LogP contribution >= 0.6 is 0 Å². The number of hydrogen-bond acceptors (Lipinski definition) is 4. The summed E-state index contributed by atoms with van der Waals surface area (Å²) in [6.07, 6.45) is 4.18. The summed E-state index contributed by atoms with van der Waals surface area (Å²) in [5.74, 6) is 1.28. The molecule has 0 amide bonds. The Hall–Kier alpha value is -3.41. The lowest BCUT2D eigenvalue weighted by molar-refractivity contribution is 0.414. The molecule has 1 aromatic carbocycles. The van der Waals surface area contributed by atoms with E-state index in [4.69, 9.17) is 4.74 Å². The van der Waals surface area contributed by atoms with Gasteiger partial charge >= 0.3 is 0 Å². The second-order valence-electron chi connectivity index (χ2n) is 6.26. The predicted molar refractivity (Wildman–Crippen MR) is 105 cm³/mol. The van der Waals surface area contributed by atoms with Crippen molar-refractivity contribution in [2.75, 3.05) is 7.11 Å². The van der Waals surface area contributed by atoms with Crippen LogP contribution in [0.5, 0.6) is 5.75 Å². The molecule has 0 N–H and O–H groups in total. The summed E-state index contributed by atoms with van der Waals surface area (Å²) in [7, 11) is 1.65. The van der Waals surface area contributed by atoms with E-state index < -0.39 is 0 Å². The van der Waals surface area contributed by atoms with E-state index in [1.165, 1.54) is 4.68 Å². The zero-order valence-electron chi connectivity index (χ0n) is 15.5. The summed E-state index contributed by atoms with van der Waals surface area (Å²) in [5, 5.41) is 5.90. The number of hydrogen-bond donors (Lipinski definition) is 0. The lowest BCUT2D eigenvalue weighted by Gasteiger charge is -2.12. The molecule has 6 heteroatoms. The second kappa shape index (κ2) is 6.72. The zero-order valence-corrected chi connectivity index (χ0v) is 15.5. The van der Waals surface area contributed by atoms with Crippen LogP contribution in [0, 0.1) is 6.92 Å². The summed E-state index contributed by atoms with van der Waals surface area (Å²) in [6.45, 7) is 4.04. The highest BCUT2D eigenvalue weighted by atomic mass is 16.5. The molecule has 6 nitrogen and oxygen atoms in total. The number of aromatic nitrogens is 4. The van der Waals surface area contributed by atoms with Crippen molar-refractivity contribution < 1.29 is 4.74 Å². The molecule has 27 heavy (non-hydrogen) atoms. The van der Waals surface area contributed by atoms with Gasteiger partial charge in [0.15, 0.2) is 5.82 Å². The first kappa shape index (κ1) is 17.0. The van der Waals surface area contributed by atoms with Gasteiger partial charge in [0.05, 0.1) is 18.7 Å². The molecule has 0 unspecified atom stereocenters. The number of rotatable bonds is 4. The van der Waals surface area contributed by atoms with E-state index >= 15 is 0 Å². The molecule has 0 bridgehead atoms. The number of aryl methyl sites for hydroxylation is 2. The molecule has 0 radical (unpaired) electrons. The third-order valence-corrected chi connectivity index (χ3v) is 4.77. The number of methoxy groups -OCH3 is 1. The Morgan fingerprint density at radius 3 is 2.70 bits per heavy atom. The monoisotopic (exact) mass is 360 g/mol. The van der Waals surface area contributed by atoms with Gasteiger partial charge < -0.3 is 9.30 Å². The van der Waals surface area contributed by atoms with Crippen molar-refractivity contribution in [2.45, 2.75) is 20.3 Å². The molecule has 0 aliphatic rings. The van der Waals surface area contributed by atoms with Crippen molar-refractivity contribution in [1.82, 2.24) is 19.3 Å². The van der Waals surface area contributed by atoms with Gasteiger partial charge in [0.2, 0.25) is 0 Å². The molecular weight excluding hydrogens is 340 g/mol. The first-order chi connectivity index (χ1) is 13.2. The normalized spacial score (nSPS) is 11.1. The quantitative estimate of drug-likeness (QED) is 0.559. The maximum atomic E-state index is 13.2. The van der Waals surface area contributed by atoms with Gasteiger partial charge in [-0.1, -0.05) is 19.1 Å². The molecule has 0 saturated heterocycles. The largest absolute Gasteiger partial charge is 0.497 e. The topological polar surface area (TPSA) is 61.9 Å². The van der Waals surface area contributed by atoms with Gasteiger partial charge in [0, 0.05) is 34.7 Å². The van der Waals surface area contributed by atoms with E-state index in [9.17, 15) is 4.79 Å². The van der Waals surface area contributed by atoms with E-state index in [2.05, 4.69) is 21.6 Å². The van der Waals surface area contributed by atoms with Crippen LogP contribution in [-0.2, 0) is 6.42 Å². The molecule has 0 spiro atoms. The number of benzene rings is 1. The lowest BCUT2D eigenvalue weighted by atomic mass is 10.2. The van der Waals surface area contributed by atoms with Crippen molar-refractivity contribution in [3.63, 3.8) is 0 Å². The van der Waals surface area contributed by atoms with Gasteiger partial charge in [0.1, 0.15) is 5.75 Å². The van der Waals surface area contributed by atoms with Crippen molar-refractivity contribution in [2.24, 2.45) is 0 Å². The van der Waals surface area contributed by atoms with Crippen molar-refractivity contribution in [3.8, 4) is 17.3 Å². The average molecular weight is 360 g/mol. The van der Waals surface area contributed by atoms with Gasteiger partial charge in [-0.05, 0) is 37.6 Å². The highest BCUT2D eigenvalue weighted by Gasteiger charge is 2.19. The van der Waals surface area contributed by atoms with Crippen LogP contribution in [0.4, 0.5) is 0 Å². The molecule has 0 atom stereocenters. The van der Waals surface area contributed by atoms with E-state index in [1.807, 2.05) is 43.3 Å². The van der Waals surface area contributed by atoms with Gasteiger partial charge in [-0.15, -0.1) is 0 Å². The fourth-order valence-corrected chi connectivity index (χ4v) is 3.55. The molecule has 0 fully saturated rings. The summed E-state index contributed by atoms with van der Waals surface area (Å²) in [6, 6.07) is 13.3. The lowest BCUT2D eigenvalue weighted by Crippen LogP contribution is -2.21. The van der Waals surface area contributed by atoms with Gasteiger partial charge in [-0.3, -0.25) is 4.79 Å². The van der Waals surface area contributed by atoms with Crippen molar-refractivity contribution in [1.29, 1.82) is 0 Å². The highest BCUT2D eigenvalue weighted by molar-refractivity contribution is 5.88. The third kappa shape index (κ3) is 2.70. The molecule has 0 aliphatic carbocycles. The van der Waals surface area contributed by atoms with E-state index in [0.717, 1.165) is 34.6 Å². The molecule has 4 aromatic rings. The van der Waals surface area contributed by atoms with Crippen molar-refractivity contribution >= 4 is 10.8 Å². The standard InChI is InChI=1S/C21H20N4O2/c1-4-18-17-13-23-25(19-10-5-6-11-22-19)21(26)20(17)14(2)24(18)15-8-7-9-16(12-15)27-3/h5-13H,4H2,1-3H3. The Bertz CT molecular complexity index is 1180. The Balaban J connectivity index is 2.03. The number of pyridine rings is 1. The minimum Gasteiger partial charge on any atom is -0.497 e. The third-order valence-electron chi connectivity index (χ3n) is 4.77. The van der Waals surface area contributed by atoms with Gasteiger partial charge in [0.25, 0.3) is 5.56 Å². The first-order valence-electron chi connectivity index (χ1n) is 8.83. The van der Waals surface area contributed by atoms with Crippen LogP contribution in [-0.4, -0.2) is 26.4 Å². The predicted octanol–water partition coefficient (Wildman–Crippen LogP) is 3.45. The van der Waals surface area contributed by atoms with Crippen LogP contribution < -0.4 is 10.3 Å². The number of fused-ring (bicyclic) bond motifs is 1. The van der Waals surface area contributed by atoms with Crippen molar-refractivity contribution in [3.05, 3.63) is 76.6 Å². The molecule has 0 aliphatic heterocycles. The van der Waals surface area contributed by atoms with E-state index in [0.29, 0.717) is 11.2 Å². The molecule has 4 rings (SSSR count). The fourth-order valence-electron chi connectivity index (χ4n) is 3.55. The van der Waals surface area contributed by atoms with Gasteiger partial charge in [-0.25, -0.2) is 4.98 Å². The van der Waals surface area contributed by atoms with Crippen LogP contribution in [0.2, 0.25) is 0 Å². The Morgan fingerprint density at radius 2 is 2.00 bits per heavy atom. The summed E-state index contributed by atoms with van der Waals surface area (Å²) < 4.78 is 8.83. The Morgan fingerprint density at radius 1 is 1.15 bits per heavy atom. The van der Waals surface area contributed by atoms with E-state index in [1.54, 1.807) is 25.6 Å². The molecule has 136 valence electrons. The maximum Gasteiger partial charge on any atom is 0.282 e. The first-order valence-corrected chi connectivity index (χ1v) is 8.83. The van der Waals surface area contributed by atoms with E-state index in [-0.39, 0.29) is 5.56 Å². The highest BCUT2D eigenvalue weighted by Crippen LogP contribution is 2.28. The summed E-state index contributed by atoms with van der Waals surface area (Å²) in [4.78, 5) is 17.5. The summed E-state index contributed by atoms with van der Waals surface area (Å²) >= 11 is 0. The summed E-state index contributed by atoms with van der Waals surface area (Å²) in [5.41, 5.74) is 2.73. The maximum absolute atomic E-state index is 13.2. The fraction of sp³-hybridized carbons (Fsp3) is 0.190. The average Bonchev–Trinajstić information content (AvgIpc) is 3.01. The Kier molecular flexibility index (Phi) is 4.24. The van der Waals surface area contributed by atoms with Crippen LogP contribution in [0.15, 0.2) is 59.7 Å². The zero-order chi connectivity index (χ0) is 19.0. The number of nitrogens with zero attached hydrogens (tertiary/aromatic N) is 4. The SMILES string of the molecule is CCc1c2cnn(-c3ccccn3)c(=O)c2c(C)n1-c1cccc(OC)c1. The van der Waals surface area contributed by atoms with Crippen LogP contribution in [0.25, 0.3) is 22.3 Å². The molecule has 3 aromatic heterocycles. The minimum atomic E-state index is -0.167. The van der Waals surface area contributed by atoms with Crippen LogP contribution in [0.3, 0.4) is 0 Å². The number of ether oxygens (including phenoxy) is 1. The molecular formula is C21H20N4O2. The smallest absolute Gasteiger partial charge is 0.282 e. The molecule has 3 heterocycles. The molecule has 0 saturated carbocycles. The van der Waals surface area contributed by atoms with Gasteiger partial charge in [-0.2, -0.15) is 9.78 Å². The Labute approximate surface area is 156 Å². The van der Waals surface area contributed by atoms with Crippen LogP contribution in [0.1, 0.15) is 18.3 Å².